The van der Waals surface area contributed by atoms with E-state index < -0.39 is 0 Å². The van der Waals surface area contributed by atoms with E-state index in [0.717, 1.165) is 10.8 Å². The summed E-state index contributed by atoms with van der Waals surface area (Å²) >= 11 is 5.64. The third kappa shape index (κ3) is 4.92. The number of hydrogen-bond acceptors (Lipinski definition) is 1. The Hall–Kier alpha value is -1.47. The van der Waals surface area contributed by atoms with Gasteiger partial charge in [-0.15, -0.1) is 0 Å². The molecule has 2 aromatic carbocycles. The van der Waals surface area contributed by atoms with Crippen molar-refractivity contribution < 1.29 is 4.74 Å². The average molecular weight is 249 g/mol. The highest BCUT2D eigenvalue weighted by atomic mass is 35.5. The van der Waals surface area contributed by atoms with E-state index in [4.69, 9.17) is 16.3 Å². The zero-order valence-corrected chi connectivity index (χ0v) is 11.2. The van der Waals surface area contributed by atoms with E-state index in [-0.39, 0.29) is 0 Å². The molecule has 0 aliphatic heterocycles. The Morgan fingerprint density at radius 1 is 0.941 bits per heavy atom. The molecule has 0 aromatic heterocycles. The van der Waals surface area contributed by atoms with Gasteiger partial charge in [-0.3, -0.25) is 0 Å². The number of ether oxygens (including phenoxy) is 1. The Morgan fingerprint density at radius 2 is 1.65 bits per heavy atom. The lowest BCUT2D eigenvalue weighted by atomic mass is 10.2. The zero-order chi connectivity index (χ0) is 12.7. The molecule has 0 radical (unpaired) electrons. The number of rotatable bonds is 1. The Kier molecular flexibility index (Phi) is 5.58. The second-order valence-corrected chi connectivity index (χ2v) is 4.21. The molecule has 2 aromatic rings. The highest BCUT2D eigenvalue weighted by Gasteiger charge is 1.90. The normalized spacial score (nSPS) is 9.18. The monoisotopic (exact) mass is 248 g/mol. The number of halogens is 1. The molecule has 0 amide bonds. The van der Waals surface area contributed by atoms with Gasteiger partial charge in [-0.1, -0.05) is 41.9 Å². The van der Waals surface area contributed by atoms with Gasteiger partial charge in [0.05, 0.1) is 7.11 Å². The van der Waals surface area contributed by atoms with Gasteiger partial charge in [0.1, 0.15) is 5.75 Å². The van der Waals surface area contributed by atoms with Crippen molar-refractivity contribution in [3.05, 3.63) is 64.7 Å². The van der Waals surface area contributed by atoms with Crippen LogP contribution in [0.3, 0.4) is 0 Å². The molecule has 0 aliphatic rings. The van der Waals surface area contributed by atoms with Gasteiger partial charge < -0.3 is 4.74 Å². The van der Waals surface area contributed by atoms with Crippen molar-refractivity contribution >= 4 is 11.6 Å². The van der Waals surface area contributed by atoms with Crippen LogP contribution >= 0.6 is 11.6 Å². The maximum atomic E-state index is 5.64. The van der Waals surface area contributed by atoms with E-state index in [9.17, 15) is 0 Å². The topological polar surface area (TPSA) is 9.23 Å². The number of methoxy groups -OCH3 is 1. The molecule has 90 valence electrons. The Bertz CT molecular complexity index is 449. The minimum Gasteiger partial charge on any atom is -0.496 e. The van der Waals surface area contributed by atoms with Gasteiger partial charge in [0.15, 0.2) is 0 Å². The average Bonchev–Trinajstić information content (AvgIpc) is 2.30. The molecule has 0 heterocycles. The fourth-order valence-corrected chi connectivity index (χ4v) is 1.64. The summed E-state index contributed by atoms with van der Waals surface area (Å²) in [5.74, 6) is 0.956. The quantitative estimate of drug-likeness (QED) is 0.714. The van der Waals surface area contributed by atoms with Crippen molar-refractivity contribution in [2.45, 2.75) is 13.8 Å². The molecule has 0 atom stereocenters. The van der Waals surface area contributed by atoms with Crippen LogP contribution in [0.1, 0.15) is 11.1 Å². The standard InChI is InChI=1S/C8H10O.C7H7Cl/c1-7-5-3-4-6-8(7)9-2;1-6-3-2-4-7(8)5-6/h3-6H,1-2H3;2-5H,1H3. The van der Waals surface area contributed by atoms with Crippen molar-refractivity contribution in [2.24, 2.45) is 0 Å². The summed E-state index contributed by atoms with van der Waals surface area (Å²) in [6.45, 7) is 4.05. The first-order valence-corrected chi connectivity index (χ1v) is 5.83. The summed E-state index contributed by atoms with van der Waals surface area (Å²) in [6, 6.07) is 15.7. The van der Waals surface area contributed by atoms with E-state index in [1.807, 2.05) is 62.4 Å². The number of benzene rings is 2. The van der Waals surface area contributed by atoms with Gasteiger partial charge in [0.2, 0.25) is 0 Å². The van der Waals surface area contributed by atoms with Gasteiger partial charge in [-0.2, -0.15) is 0 Å². The highest BCUT2D eigenvalue weighted by Crippen LogP contribution is 2.14. The van der Waals surface area contributed by atoms with Gasteiger partial charge in [0.25, 0.3) is 0 Å². The van der Waals surface area contributed by atoms with Gasteiger partial charge in [-0.05, 0) is 43.2 Å². The summed E-state index contributed by atoms with van der Waals surface area (Å²) in [7, 11) is 1.68. The Labute approximate surface area is 108 Å². The van der Waals surface area contributed by atoms with Crippen molar-refractivity contribution in [3.63, 3.8) is 0 Å². The van der Waals surface area contributed by atoms with Gasteiger partial charge >= 0.3 is 0 Å². The second-order valence-electron chi connectivity index (χ2n) is 3.77. The van der Waals surface area contributed by atoms with Crippen LogP contribution in [0.5, 0.6) is 5.75 Å². The summed E-state index contributed by atoms with van der Waals surface area (Å²) in [4.78, 5) is 0. The third-order valence-corrected chi connectivity index (χ3v) is 2.53. The number of hydrogen-bond donors (Lipinski definition) is 0. The zero-order valence-electron chi connectivity index (χ0n) is 10.4. The largest absolute Gasteiger partial charge is 0.496 e. The van der Waals surface area contributed by atoms with E-state index in [0.29, 0.717) is 0 Å². The molecule has 0 fully saturated rings. The first-order valence-electron chi connectivity index (χ1n) is 5.45. The molecule has 1 nitrogen and oxygen atoms in total. The SMILES string of the molecule is COc1ccccc1C.Cc1cccc(Cl)c1. The summed E-state index contributed by atoms with van der Waals surface area (Å²) in [5, 5.41) is 0.810. The molecule has 0 saturated carbocycles. The second kappa shape index (κ2) is 6.97. The summed E-state index contributed by atoms with van der Waals surface area (Å²) in [5.41, 5.74) is 2.39. The summed E-state index contributed by atoms with van der Waals surface area (Å²) in [6.07, 6.45) is 0. The maximum absolute atomic E-state index is 5.64. The molecule has 0 bridgehead atoms. The number of para-hydroxylation sites is 1. The Balaban J connectivity index is 0.000000171. The number of aryl methyl sites for hydroxylation is 2. The van der Waals surface area contributed by atoms with Crippen LogP contribution in [0.25, 0.3) is 0 Å². The fraction of sp³-hybridized carbons (Fsp3) is 0.200. The smallest absolute Gasteiger partial charge is 0.121 e. The van der Waals surface area contributed by atoms with Crippen LogP contribution in [0, 0.1) is 13.8 Å². The minimum absolute atomic E-state index is 0.810. The molecule has 0 unspecified atom stereocenters. The maximum Gasteiger partial charge on any atom is 0.121 e. The molecule has 0 aliphatic carbocycles. The fourth-order valence-electron chi connectivity index (χ4n) is 1.39. The van der Waals surface area contributed by atoms with E-state index in [1.165, 1.54) is 11.1 Å². The van der Waals surface area contributed by atoms with Crippen LogP contribution in [0.4, 0.5) is 0 Å². The van der Waals surface area contributed by atoms with Crippen LogP contribution in [0.15, 0.2) is 48.5 Å². The van der Waals surface area contributed by atoms with Crippen LogP contribution in [-0.2, 0) is 0 Å². The highest BCUT2D eigenvalue weighted by molar-refractivity contribution is 6.30. The molecule has 0 saturated heterocycles. The predicted octanol–water partition coefficient (Wildman–Crippen LogP) is 4.65. The van der Waals surface area contributed by atoms with E-state index in [2.05, 4.69) is 0 Å². The summed E-state index contributed by atoms with van der Waals surface area (Å²) < 4.78 is 5.04. The Morgan fingerprint density at radius 3 is 2.06 bits per heavy atom. The van der Waals surface area contributed by atoms with E-state index in [1.54, 1.807) is 7.11 Å². The molecular weight excluding hydrogens is 232 g/mol. The first kappa shape index (κ1) is 13.6. The van der Waals surface area contributed by atoms with Gasteiger partial charge in [-0.25, -0.2) is 0 Å². The molecule has 17 heavy (non-hydrogen) atoms. The lowest BCUT2D eigenvalue weighted by Crippen LogP contribution is -1.84. The molecular formula is C15H17ClO. The molecule has 0 spiro atoms. The lowest BCUT2D eigenvalue weighted by molar-refractivity contribution is 0.411. The first-order chi connectivity index (χ1) is 8.13. The molecule has 0 N–H and O–H groups in total. The van der Waals surface area contributed by atoms with Crippen LogP contribution in [-0.4, -0.2) is 7.11 Å². The minimum atomic E-state index is 0.810. The van der Waals surface area contributed by atoms with Crippen LogP contribution in [0.2, 0.25) is 5.02 Å². The van der Waals surface area contributed by atoms with E-state index >= 15 is 0 Å². The van der Waals surface area contributed by atoms with Crippen LogP contribution < -0.4 is 4.74 Å². The molecule has 2 heteroatoms. The van der Waals surface area contributed by atoms with Crippen molar-refractivity contribution in [1.82, 2.24) is 0 Å². The van der Waals surface area contributed by atoms with Crippen molar-refractivity contribution in [2.75, 3.05) is 7.11 Å². The lowest BCUT2D eigenvalue weighted by Gasteiger charge is -2.00. The van der Waals surface area contributed by atoms with Gasteiger partial charge in [0, 0.05) is 5.02 Å². The van der Waals surface area contributed by atoms with Crippen molar-refractivity contribution in [1.29, 1.82) is 0 Å². The predicted molar refractivity (Wildman–Crippen MR) is 73.9 cm³/mol. The molecule has 2 rings (SSSR count). The van der Waals surface area contributed by atoms with Crippen molar-refractivity contribution in [3.8, 4) is 5.75 Å². The third-order valence-electron chi connectivity index (χ3n) is 2.29.